The van der Waals surface area contributed by atoms with Crippen LogP contribution in [0.25, 0.3) is 0 Å². The molecule has 2 unspecified atom stereocenters. The maximum Gasteiger partial charge on any atom is 0.152 e. The van der Waals surface area contributed by atoms with E-state index in [2.05, 4.69) is 4.90 Å². The van der Waals surface area contributed by atoms with Gasteiger partial charge in [-0.2, -0.15) is 0 Å². The number of morpholine rings is 1. The summed E-state index contributed by atoms with van der Waals surface area (Å²) in [6.45, 7) is 6.66. The Balaban J connectivity index is 2.31. The highest BCUT2D eigenvalue weighted by Crippen LogP contribution is 2.40. The molecule has 0 radical (unpaired) electrons. The third kappa shape index (κ3) is 2.82. The zero-order chi connectivity index (χ0) is 14.3. The molecule has 5 nitrogen and oxygen atoms in total. The molecule has 2 fully saturated rings. The number of nitrogens with zero attached hydrogens (tertiary/aromatic N) is 1. The average Bonchev–Trinajstić information content (AvgIpc) is 2.72. The molecule has 1 saturated carbocycles. The third-order valence-corrected chi connectivity index (χ3v) is 6.31. The first-order valence-corrected chi connectivity index (χ1v) is 8.95. The second-order valence-corrected chi connectivity index (χ2v) is 8.78. The van der Waals surface area contributed by atoms with Gasteiger partial charge in [-0.1, -0.05) is 6.42 Å². The van der Waals surface area contributed by atoms with E-state index in [-0.39, 0.29) is 10.9 Å². The lowest BCUT2D eigenvalue weighted by atomic mass is 9.91. The first kappa shape index (κ1) is 15.2. The fourth-order valence-electron chi connectivity index (χ4n) is 3.76. The van der Waals surface area contributed by atoms with Gasteiger partial charge in [0.1, 0.15) is 0 Å². The van der Waals surface area contributed by atoms with Gasteiger partial charge >= 0.3 is 0 Å². The van der Waals surface area contributed by atoms with Gasteiger partial charge in [0.2, 0.25) is 0 Å². The first-order chi connectivity index (χ1) is 8.71. The molecule has 1 aliphatic carbocycles. The van der Waals surface area contributed by atoms with Gasteiger partial charge in [0, 0.05) is 25.9 Å². The number of ether oxygens (including phenoxy) is 1. The summed E-state index contributed by atoms with van der Waals surface area (Å²) in [4.78, 5) is 2.27. The predicted molar refractivity (Wildman–Crippen MR) is 75.9 cm³/mol. The Morgan fingerprint density at radius 1 is 1.42 bits per heavy atom. The summed E-state index contributed by atoms with van der Waals surface area (Å²) < 4.78 is 29.9. The highest BCUT2D eigenvalue weighted by molar-refractivity contribution is 7.91. The standard InChI is InChI=1S/C13H26N2O3S/c1-12(2)10-15(7-8-18-12)13(9-14)6-4-5-11(13)19(3,16)17/h11H,4-10,14H2,1-3H3. The van der Waals surface area contributed by atoms with Crippen LogP contribution in [0, 0.1) is 0 Å². The van der Waals surface area contributed by atoms with E-state index in [0.717, 1.165) is 32.4 Å². The molecule has 0 aromatic heterocycles. The molecule has 1 heterocycles. The van der Waals surface area contributed by atoms with Crippen molar-refractivity contribution in [2.45, 2.75) is 49.5 Å². The Bertz CT molecular complexity index is 435. The van der Waals surface area contributed by atoms with Crippen molar-refractivity contribution in [1.29, 1.82) is 0 Å². The Kier molecular flexibility index (Phi) is 3.99. The van der Waals surface area contributed by atoms with Crippen LogP contribution in [0.15, 0.2) is 0 Å². The molecule has 19 heavy (non-hydrogen) atoms. The monoisotopic (exact) mass is 290 g/mol. The van der Waals surface area contributed by atoms with Crippen molar-refractivity contribution in [3.8, 4) is 0 Å². The van der Waals surface area contributed by atoms with E-state index in [9.17, 15) is 8.42 Å². The zero-order valence-corrected chi connectivity index (χ0v) is 13.0. The Morgan fingerprint density at radius 2 is 2.11 bits per heavy atom. The summed E-state index contributed by atoms with van der Waals surface area (Å²) in [5, 5.41) is -0.334. The molecule has 112 valence electrons. The van der Waals surface area contributed by atoms with Gasteiger partial charge in [-0.25, -0.2) is 8.42 Å². The molecule has 0 bridgehead atoms. The molecule has 2 atom stereocenters. The van der Waals surface area contributed by atoms with Crippen LogP contribution in [-0.2, 0) is 14.6 Å². The van der Waals surface area contributed by atoms with Gasteiger partial charge in [0.25, 0.3) is 0 Å². The Morgan fingerprint density at radius 3 is 2.63 bits per heavy atom. The molecule has 6 heteroatoms. The van der Waals surface area contributed by atoms with Gasteiger partial charge in [-0.05, 0) is 26.7 Å². The van der Waals surface area contributed by atoms with Crippen LogP contribution in [-0.4, -0.2) is 62.2 Å². The highest BCUT2D eigenvalue weighted by atomic mass is 32.2. The largest absolute Gasteiger partial charge is 0.373 e. The molecular formula is C13H26N2O3S. The number of hydrogen-bond donors (Lipinski definition) is 1. The lowest BCUT2D eigenvalue weighted by Crippen LogP contribution is -2.65. The molecule has 1 aliphatic heterocycles. The van der Waals surface area contributed by atoms with Crippen LogP contribution in [0.5, 0.6) is 0 Å². The second kappa shape index (κ2) is 4.98. The van der Waals surface area contributed by atoms with E-state index in [4.69, 9.17) is 10.5 Å². The van der Waals surface area contributed by atoms with Crippen LogP contribution < -0.4 is 5.73 Å². The van der Waals surface area contributed by atoms with Crippen molar-refractivity contribution in [3.63, 3.8) is 0 Å². The van der Waals surface area contributed by atoms with E-state index < -0.39 is 15.4 Å². The van der Waals surface area contributed by atoms with Crippen molar-refractivity contribution in [3.05, 3.63) is 0 Å². The van der Waals surface area contributed by atoms with Crippen molar-refractivity contribution < 1.29 is 13.2 Å². The number of rotatable bonds is 3. The fourth-order valence-corrected chi connectivity index (χ4v) is 5.51. The van der Waals surface area contributed by atoms with Crippen molar-refractivity contribution in [1.82, 2.24) is 4.90 Å². The lowest BCUT2D eigenvalue weighted by Gasteiger charge is -2.49. The smallest absolute Gasteiger partial charge is 0.152 e. The third-order valence-electron chi connectivity index (χ3n) is 4.60. The zero-order valence-electron chi connectivity index (χ0n) is 12.2. The van der Waals surface area contributed by atoms with Gasteiger partial charge < -0.3 is 10.5 Å². The maximum atomic E-state index is 12.1. The fraction of sp³-hybridized carbons (Fsp3) is 1.00. The topological polar surface area (TPSA) is 72.6 Å². The highest BCUT2D eigenvalue weighted by Gasteiger charge is 2.52. The molecule has 0 aromatic carbocycles. The Hall–Kier alpha value is -0.170. The maximum absolute atomic E-state index is 12.1. The minimum Gasteiger partial charge on any atom is -0.373 e. The summed E-state index contributed by atoms with van der Waals surface area (Å²) in [5.41, 5.74) is 5.40. The minimum absolute atomic E-state index is 0.231. The molecule has 2 N–H and O–H groups in total. The predicted octanol–water partition coefficient (Wildman–Crippen LogP) is 0.392. The number of nitrogens with two attached hydrogens (primary N) is 1. The van der Waals surface area contributed by atoms with Crippen LogP contribution in [0.1, 0.15) is 33.1 Å². The summed E-state index contributed by atoms with van der Waals surface area (Å²) in [5.74, 6) is 0. The molecule has 0 aromatic rings. The quantitative estimate of drug-likeness (QED) is 0.814. The normalized spacial score (nSPS) is 36.5. The Labute approximate surface area is 116 Å². The van der Waals surface area contributed by atoms with Crippen LogP contribution in [0.3, 0.4) is 0 Å². The summed E-state index contributed by atoms with van der Waals surface area (Å²) in [6.07, 6.45) is 3.89. The van der Waals surface area contributed by atoms with E-state index >= 15 is 0 Å². The minimum atomic E-state index is -3.07. The van der Waals surface area contributed by atoms with E-state index in [1.807, 2.05) is 13.8 Å². The van der Waals surface area contributed by atoms with E-state index in [1.165, 1.54) is 6.26 Å². The lowest BCUT2D eigenvalue weighted by molar-refractivity contribution is -0.114. The van der Waals surface area contributed by atoms with E-state index in [0.29, 0.717) is 13.2 Å². The number of hydrogen-bond acceptors (Lipinski definition) is 5. The van der Waals surface area contributed by atoms with Crippen molar-refractivity contribution in [2.24, 2.45) is 5.73 Å². The van der Waals surface area contributed by atoms with Gasteiger partial charge in [0.05, 0.1) is 23.0 Å². The van der Waals surface area contributed by atoms with Crippen LogP contribution in [0.2, 0.25) is 0 Å². The molecule has 0 spiro atoms. The van der Waals surface area contributed by atoms with Crippen LogP contribution in [0.4, 0.5) is 0 Å². The van der Waals surface area contributed by atoms with Crippen molar-refractivity contribution in [2.75, 3.05) is 32.5 Å². The number of sulfone groups is 1. The second-order valence-electron chi connectivity index (χ2n) is 6.55. The summed E-state index contributed by atoms with van der Waals surface area (Å²) in [7, 11) is -3.07. The summed E-state index contributed by atoms with van der Waals surface area (Å²) >= 11 is 0. The van der Waals surface area contributed by atoms with Gasteiger partial charge in [-0.3, -0.25) is 4.90 Å². The average molecular weight is 290 g/mol. The van der Waals surface area contributed by atoms with Crippen LogP contribution >= 0.6 is 0 Å². The molecule has 1 saturated heterocycles. The van der Waals surface area contributed by atoms with E-state index in [1.54, 1.807) is 0 Å². The molecule has 2 aliphatic rings. The van der Waals surface area contributed by atoms with Gasteiger partial charge in [-0.15, -0.1) is 0 Å². The first-order valence-electron chi connectivity index (χ1n) is 6.99. The molecule has 2 rings (SSSR count). The molecule has 0 amide bonds. The molecular weight excluding hydrogens is 264 g/mol. The summed E-state index contributed by atoms with van der Waals surface area (Å²) in [6, 6.07) is 0. The van der Waals surface area contributed by atoms with Gasteiger partial charge in [0.15, 0.2) is 9.84 Å². The van der Waals surface area contributed by atoms with Crippen molar-refractivity contribution >= 4 is 9.84 Å². The SMILES string of the molecule is CC1(C)CN(C2(CN)CCCC2S(C)(=O)=O)CCO1.